The van der Waals surface area contributed by atoms with Crippen LogP contribution in [-0.4, -0.2) is 30.5 Å². The molecule has 0 fully saturated rings. The van der Waals surface area contributed by atoms with Gasteiger partial charge in [-0.05, 0) is 68.3 Å². The zero-order valence-electron chi connectivity index (χ0n) is 16.9. The number of carbonyl (C=O) groups excluding carboxylic acids is 1. The topological polar surface area (TPSA) is 48.5 Å². The van der Waals surface area contributed by atoms with E-state index in [0.29, 0.717) is 5.56 Å². The number of rotatable bonds is 6. The van der Waals surface area contributed by atoms with Gasteiger partial charge in [-0.2, -0.15) is 0 Å². The molecular formula is C24H26N4O. The molecule has 2 aromatic carbocycles. The molecule has 0 atom stereocenters. The number of hydrogen-bond donors (Lipinski definition) is 1. The Hall–Kier alpha value is -3.34. The van der Waals surface area contributed by atoms with Crippen molar-refractivity contribution in [2.24, 2.45) is 0 Å². The Morgan fingerprint density at radius 3 is 2.48 bits per heavy atom. The van der Waals surface area contributed by atoms with Crippen molar-refractivity contribution in [2.75, 3.05) is 34.8 Å². The molecule has 2 heterocycles. The number of aromatic nitrogens is 1. The van der Waals surface area contributed by atoms with E-state index in [-0.39, 0.29) is 5.91 Å². The molecule has 1 aliphatic heterocycles. The number of pyridine rings is 1. The molecule has 5 nitrogen and oxygen atoms in total. The first-order valence-electron chi connectivity index (χ1n) is 10.2. The average molecular weight is 386 g/mol. The van der Waals surface area contributed by atoms with Crippen molar-refractivity contribution in [1.82, 2.24) is 4.98 Å². The minimum absolute atomic E-state index is 0.151. The van der Waals surface area contributed by atoms with Gasteiger partial charge in [0, 0.05) is 42.9 Å². The third kappa shape index (κ3) is 3.94. The Morgan fingerprint density at radius 1 is 1.03 bits per heavy atom. The van der Waals surface area contributed by atoms with Crippen LogP contribution in [0.25, 0.3) is 0 Å². The zero-order valence-corrected chi connectivity index (χ0v) is 16.9. The third-order valence-corrected chi connectivity index (χ3v) is 5.43. The van der Waals surface area contributed by atoms with Gasteiger partial charge in [0.05, 0.1) is 5.56 Å². The van der Waals surface area contributed by atoms with Gasteiger partial charge in [-0.1, -0.05) is 18.2 Å². The third-order valence-electron chi connectivity index (χ3n) is 5.43. The summed E-state index contributed by atoms with van der Waals surface area (Å²) in [5.41, 5.74) is 5.03. The molecule has 0 radical (unpaired) electrons. The van der Waals surface area contributed by atoms with Gasteiger partial charge >= 0.3 is 0 Å². The first-order chi connectivity index (χ1) is 14.2. The molecule has 5 heteroatoms. The summed E-state index contributed by atoms with van der Waals surface area (Å²) < 4.78 is 0. The van der Waals surface area contributed by atoms with Crippen LogP contribution >= 0.6 is 0 Å². The number of anilines is 4. The van der Waals surface area contributed by atoms with Crippen molar-refractivity contribution in [2.45, 2.75) is 20.3 Å². The lowest BCUT2D eigenvalue weighted by Crippen LogP contribution is -2.21. The van der Waals surface area contributed by atoms with E-state index < -0.39 is 0 Å². The lowest BCUT2D eigenvalue weighted by atomic mass is 10.2. The van der Waals surface area contributed by atoms with Gasteiger partial charge in [0.25, 0.3) is 5.91 Å². The Labute approximate surface area is 172 Å². The van der Waals surface area contributed by atoms with Crippen molar-refractivity contribution in [3.8, 4) is 0 Å². The summed E-state index contributed by atoms with van der Waals surface area (Å²) >= 11 is 0. The van der Waals surface area contributed by atoms with Crippen LogP contribution in [0.2, 0.25) is 0 Å². The molecule has 148 valence electrons. The van der Waals surface area contributed by atoms with Gasteiger partial charge in [0.15, 0.2) is 0 Å². The fraction of sp³-hybridized carbons (Fsp3) is 0.250. The maximum absolute atomic E-state index is 12.6. The first-order valence-corrected chi connectivity index (χ1v) is 10.2. The van der Waals surface area contributed by atoms with Crippen molar-refractivity contribution in [1.29, 1.82) is 0 Å². The smallest absolute Gasteiger partial charge is 0.257 e. The van der Waals surface area contributed by atoms with Crippen molar-refractivity contribution in [3.63, 3.8) is 0 Å². The SMILES string of the molecule is CCN(CC)c1ccc(NC(=O)c2ccc(N3CCc4ccccc43)nc2)cc1. The molecule has 3 aromatic rings. The summed E-state index contributed by atoms with van der Waals surface area (Å²) in [7, 11) is 0. The van der Waals surface area contributed by atoms with E-state index in [0.717, 1.165) is 43.2 Å². The quantitative estimate of drug-likeness (QED) is 0.656. The highest BCUT2D eigenvalue weighted by molar-refractivity contribution is 6.04. The van der Waals surface area contributed by atoms with Crippen molar-refractivity contribution in [3.05, 3.63) is 78.0 Å². The number of para-hydroxylation sites is 1. The second-order valence-corrected chi connectivity index (χ2v) is 7.11. The summed E-state index contributed by atoms with van der Waals surface area (Å²) in [4.78, 5) is 21.6. The van der Waals surface area contributed by atoms with Crippen LogP contribution in [0, 0.1) is 0 Å². The monoisotopic (exact) mass is 386 g/mol. The minimum Gasteiger partial charge on any atom is -0.372 e. The Kier molecular flexibility index (Phi) is 5.47. The molecule has 0 saturated heterocycles. The Balaban J connectivity index is 1.44. The fourth-order valence-corrected chi connectivity index (χ4v) is 3.80. The van der Waals surface area contributed by atoms with Crippen LogP contribution in [0.1, 0.15) is 29.8 Å². The molecule has 0 bridgehead atoms. The van der Waals surface area contributed by atoms with E-state index in [9.17, 15) is 4.79 Å². The summed E-state index contributed by atoms with van der Waals surface area (Å²) in [5, 5.41) is 2.95. The zero-order chi connectivity index (χ0) is 20.2. The maximum Gasteiger partial charge on any atom is 0.257 e. The molecular weight excluding hydrogens is 360 g/mol. The molecule has 1 aromatic heterocycles. The summed E-state index contributed by atoms with van der Waals surface area (Å²) in [6.45, 7) is 7.10. The highest BCUT2D eigenvalue weighted by Crippen LogP contribution is 2.33. The fourth-order valence-electron chi connectivity index (χ4n) is 3.80. The van der Waals surface area contributed by atoms with Crippen LogP contribution in [0.15, 0.2) is 66.9 Å². The van der Waals surface area contributed by atoms with Crippen LogP contribution in [0.4, 0.5) is 22.9 Å². The number of hydrogen-bond acceptors (Lipinski definition) is 4. The van der Waals surface area contributed by atoms with E-state index in [1.165, 1.54) is 11.3 Å². The number of fused-ring (bicyclic) bond motifs is 1. The second-order valence-electron chi connectivity index (χ2n) is 7.11. The molecule has 0 spiro atoms. The first kappa shape index (κ1) is 19.0. The lowest BCUT2D eigenvalue weighted by molar-refractivity contribution is 0.102. The predicted octanol–water partition coefficient (Wildman–Crippen LogP) is 4.87. The van der Waals surface area contributed by atoms with Gasteiger partial charge in [-0.3, -0.25) is 4.79 Å². The Bertz CT molecular complexity index is 979. The number of carbonyl (C=O) groups is 1. The number of nitrogens with one attached hydrogen (secondary N) is 1. The highest BCUT2D eigenvalue weighted by atomic mass is 16.1. The van der Waals surface area contributed by atoms with Gasteiger partial charge in [0.2, 0.25) is 0 Å². The summed E-state index contributed by atoms with van der Waals surface area (Å²) in [6.07, 6.45) is 2.67. The van der Waals surface area contributed by atoms with Crippen LogP contribution in [-0.2, 0) is 6.42 Å². The largest absolute Gasteiger partial charge is 0.372 e. The highest BCUT2D eigenvalue weighted by Gasteiger charge is 2.20. The molecule has 1 aliphatic rings. The molecule has 0 aliphatic carbocycles. The molecule has 1 amide bonds. The molecule has 4 rings (SSSR count). The minimum atomic E-state index is -0.151. The normalized spacial score (nSPS) is 12.6. The summed E-state index contributed by atoms with van der Waals surface area (Å²) in [5.74, 6) is 0.719. The standard InChI is InChI=1S/C24H26N4O/c1-3-27(4-2)21-12-10-20(11-13-21)26-24(29)19-9-14-23(25-17-19)28-16-15-18-7-5-6-8-22(18)28/h5-14,17H,3-4,15-16H2,1-2H3,(H,26,29). The summed E-state index contributed by atoms with van der Waals surface area (Å²) in [6, 6.07) is 20.1. The van der Waals surface area contributed by atoms with Crippen LogP contribution in [0.5, 0.6) is 0 Å². The van der Waals surface area contributed by atoms with E-state index in [1.807, 2.05) is 42.5 Å². The lowest BCUT2D eigenvalue weighted by Gasteiger charge is -2.21. The van der Waals surface area contributed by atoms with E-state index in [4.69, 9.17) is 0 Å². The van der Waals surface area contributed by atoms with Crippen LogP contribution < -0.4 is 15.1 Å². The average Bonchev–Trinajstić information content (AvgIpc) is 3.20. The van der Waals surface area contributed by atoms with Crippen molar-refractivity contribution < 1.29 is 4.79 Å². The van der Waals surface area contributed by atoms with E-state index in [1.54, 1.807) is 6.20 Å². The molecule has 29 heavy (non-hydrogen) atoms. The van der Waals surface area contributed by atoms with Gasteiger partial charge in [-0.15, -0.1) is 0 Å². The van der Waals surface area contributed by atoms with Gasteiger partial charge in [0.1, 0.15) is 5.82 Å². The van der Waals surface area contributed by atoms with E-state index in [2.05, 4.69) is 52.1 Å². The predicted molar refractivity (Wildman–Crippen MR) is 119 cm³/mol. The molecule has 0 saturated carbocycles. The Morgan fingerprint density at radius 2 is 1.79 bits per heavy atom. The van der Waals surface area contributed by atoms with E-state index >= 15 is 0 Å². The number of benzene rings is 2. The number of nitrogens with zero attached hydrogens (tertiary/aromatic N) is 3. The van der Waals surface area contributed by atoms with Gasteiger partial charge in [-0.25, -0.2) is 4.98 Å². The maximum atomic E-state index is 12.6. The molecule has 1 N–H and O–H groups in total. The van der Waals surface area contributed by atoms with Crippen LogP contribution in [0.3, 0.4) is 0 Å². The molecule has 0 unspecified atom stereocenters. The second kappa shape index (κ2) is 8.35. The van der Waals surface area contributed by atoms with Gasteiger partial charge < -0.3 is 15.1 Å². The number of amides is 1. The van der Waals surface area contributed by atoms with Crippen molar-refractivity contribution >= 4 is 28.8 Å².